The van der Waals surface area contributed by atoms with Crippen LogP contribution < -0.4 is 9.64 Å². The van der Waals surface area contributed by atoms with Crippen molar-refractivity contribution in [3.63, 3.8) is 0 Å². The molecule has 0 N–H and O–H groups in total. The Balaban J connectivity index is 1.49. The van der Waals surface area contributed by atoms with Crippen molar-refractivity contribution in [3.05, 3.63) is 77.8 Å². The maximum Gasteiger partial charge on any atom is 0.334 e. The van der Waals surface area contributed by atoms with Gasteiger partial charge in [0.1, 0.15) is 5.69 Å². The Morgan fingerprint density at radius 3 is 2.23 bits per heavy atom. The van der Waals surface area contributed by atoms with E-state index in [1.54, 1.807) is 60.1 Å². The first-order valence-corrected chi connectivity index (χ1v) is 13.2. The molecule has 0 aliphatic carbocycles. The number of pyridine rings is 1. The summed E-state index contributed by atoms with van der Waals surface area (Å²) in [4.78, 5) is 15.0. The fraction of sp³-hybridized carbons (Fsp3) is 0.259. The Kier molecular flexibility index (Phi) is 7.59. The van der Waals surface area contributed by atoms with E-state index in [2.05, 4.69) is 30.6 Å². The van der Waals surface area contributed by atoms with Crippen LogP contribution in [0.25, 0.3) is 22.4 Å². The van der Waals surface area contributed by atoms with Crippen molar-refractivity contribution < 1.29 is 22.3 Å². The van der Waals surface area contributed by atoms with Crippen LogP contribution in [0.2, 0.25) is 0 Å². The van der Waals surface area contributed by atoms with Crippen molar-refractivity contribution in [2.24, 2.45) is 0 Å². The number of methoxy groups -OCH3 is 1. The molecule has 0 atom stereocenters. The lowest BCUT2D eigenvalue weighted by Gasteiger charge is -2.25. The van der Waals surface area contributed by atoms with Crippen molar-refractivity contribution >= 4 is 22.4 Å². The molecule has 0 saturated carbocycles. The number of hydrogen-bond donors (Lipinski definition) is 0. The summed E-state index contributed by atoms with van der Waals surface area (Å²) < 4.78 is 63.2. The molecule has 0 unspecified atom stereocenters. The summed E-state index contributed by atoms with van der Waals surface area (Å²) in [5, 5.41) is 20.2. The normalized spacial score (nSPS) is 11.7. The average molecular weight is 609 g/mol. The highest BCUT2D eigenvalue weighted by Crippen LogP contribution is 2.36. The predicted molar refractivity (Wildman–Crippen MR) is 149 cm³/mol. The first-order chi connectivity index (χ1) is 21.3. The number of rotatable bonds is 10. The lowest BCUT2D eigenvalue weighted by Crippen LogP contribution is -2.22. The number of anilines is 2. The molecule has 44 heavy (non-hydrogen) atoms. The van der Waals surface area contributed by atoms with Crippen molar-refractivity contribution in [2.75, 3.05) is 12.0 Å². The van der Waals surface area contributed by atoms with Crippen LogP contribution in [-0.4, -0.2) is 61.8 Å². The summed E-state index contributed by atoms with van der Waals surface area (Å²) in [5.41, 5.74) is 2.59. The van der Waals surface area contributed by atoms with Crippen molar-refractivity contribution in [2.45, 2.75) is 40.0 Å². The third-order valence-electron chi connectivity index (χ3n) is 7.00. The zero-order chi connectivity index (χ0) is 31.0. The third-order valence-corrected chi connectivity index (χ3v) is 7.00. The summed E-state index contributed by atoms with van der Waals surface area (Å²) >= 11 is 0. The minimum atomic E-state index is -2.91. The first kappa shape index (κ1) is 28.6. The van der Waals surface area contributed by atoms with Gasteiger partial charge in [-0.2, -0.15) is 32.0 Å². The van der Waals surface area contributed by atoms with Gasteiger partial charge in [-0.3, -0.25) is 9.67 Å². The number of halogens is 4. The van der Waals surface area contributed by atoms with Crippen molar-refractivity contribution in [1.29, 1.82) is 0 Å². The van der Waals surface area contributed by atoms with Gasteiger partial charge in [-0.25, -0.2) is 9.97 Å². The average Bonchev–Trinajstić information content (AvgIpc) is 3.71. The van der Waals surface area contributed by atoms with E-state index >= 15 is 0 Å². The third kappa shape index (κ3) is 5.16. The number of para-hydroxylation sites is 1. The number of benzene rings is 1. The molecule has 0 saturated heterocycles. The topological polar surface area (TPSA) is 130 Å². The summed E-state index contributed by atoms with van der Waals surface area (Å²) in [5.74, 6) is 0.689. The largest absolute Gasteiger partial charge is 0.491 e. The smallest absolute Gasteiger partial charge is 0.334 e. The van der Waals surface area contributed by atoms with Crippen LogP contribution in [0.1, 0.15) is 35.9 Å². The lowest BCUT2D eigenvalue weighted by molar-refractivity contribution is 0.0508. The summed E-state index contributed by atoms with van der Waals surface area (Å²) in [7, 11) is 1.44. The molecular formula is C27H24F4N12O. The zero-order valence-electron chi connectivity index (χ0n) is 23.6. The summed E-state index contributed by atoms with van der Waals surface area (Å²) in [6.45, 7) is -2.75. The van der Waals surface area contributed by atoms with E-state index in [4.69, 9.17) is 14.8 Å². The Hall–Kier alpha value is -5.48. The van der Waals surface area contributed by atoms with Gasteiger partial charge >= 0.3 is 13.1 Å². The van der Waals surface area contributed by atoms with E-state index < -0.39 is 13.1 Å². The van der Waals surface area contributed by atoms with Crippen LogP contribution >= 0.6 is 0 Å². The highest BCUT2D eigenvalue weighted by molar-refractivity contribution is 5.92. The number of ether oxygens (including phenoxy) is 1. The van der Waals surface area contributed by atoms with Gasteiger partial charge in [0.15, 0.2) is 17.4 Å². The molecule has 0 spiro atoms. The van der Waals surface area contributed by atoms with Crippen LogP contribution in [0, 0.1) is 13.8 Å². The van der Waals surface area contributed by atoms with Crippen molar-refractivity contribution in [3.8, 4) is 17.3 Å². The highest BCUT2D eigenvalue weighted by Gasteiger charge is 2.26. The number of hydrogen-bond acceptors (Lipinski definition) is 10. The molecule has 0 bridgehead atoms. The van der Waals surface area contributed by atoms with Gasteiger partial charge in [0.2, 0.25) is 0 Å². The first-order valence-electron chi connectivity index (χ1n) is 13.2. The van der Waals surface area contributed by atoms with E-state index in [0.717, 1.165) is 0 Å². The van der Waals surface area contributed by atoms with Gasteiger partial charge in [0.05, 0.1) is 54.7 Å². The predicted octanol–water partition coefficient (Wildman–Crippen LogP) is 4.87. The fourth-order valence-corrected chi connectivity index (χ4v) is 4.80. The van der Waals surface area contributed by atoms with E-state index in [1.165, 1.54) is 13.3 Å². The van der Waals surface area contributed by atoms with E-state index in [1.807, 2.05) is 12.1 Å². The molecule has 0 fully saturated rings. The Labute approximate surface area is 246 Å². The Bertz CT molecular complexity index is 1920. The maximum atomic E-state index is 13.8. The SMILES string of the molecule is COc1cnc(-c2nn(Cc3c(C)nnn3C(F)F)c3ccccc23)nc1N(Cc1c(C)nnn1C(F)F)c1ccncc1. The molecular weight excluding hydrogens is 584 g/mol. The molecule has 17 heteroatoms. The van der Waals surface area contributed by atoms with Crippen molar-refractivity contribution in [1.82, 2.24) is 54.7 Å². The molecule has 226 valence electrons. The Morgan fingerprint density at radius 1 is 0.886 bits per heavy atom. The van der Waals surface area contributed by atoms with Gasteiger partial charge in [0, 0.05) is 23.5 Å². The fourth-order valence-electron chi connectivity index (χ4n) is 4.80. The Morgan fingerprint density at radius 2 is 1.55 bits per heavy atom. The number of aryl methyl sites for hydroxylation is 2. The molecule has 0 aliphatic rings. The lowest BCUT2D eigenvalue weighted by atomic mass is 10.2. The molecule has 5 aromatic heterocycles. The monoisotopic (exact) mass is 608 g/mol. The molecule has 1 aromatic carbocycles. The maximum absolute atomic E-state index is 13.8. The minimum Gasteiger partial charge on any atom is -0.491 e. The van der Waals surface area contributed by atoms with Gasteiger partial charge in [-0.1, -0.05) is 28.6 Å². The van der Waals surface area contributed by atoms with Gasteiger partial charge in [-0.05, 0) is 32.0 Å². The number of aromatic nitrogens is 11. The number of fused-ring (bicyclic) bond motifs is 1. The zero-order valence-corrected chi connectivity index (χ0v) is 23.6. The molecule has 6 aromatic rings. The standard InChI is InChI=1S/C27H24F4N12O/c1-15-20(42(26(28)29)38-35-15)13-40(17-8-10-32-11-9-17)25-22(44-3)12-33-24(34-25)23-18-6-4-5-7-19(18)41(37-23)14-21-16(2)36-39-43(21)27(30)31/h4-12,26-27H,13-14H2,1-3H3. The van der Waals surface area contributed by atoms with E-state index in [-0.39, 0.29) is 41.9 Å². The molecule has 5 heterocycles. The van der Waals surface area contributed by atoms with Gasteiger partial charge in [0.25, 0.3) is 0 Å². The highest BCUT2D eigenvalue weighted by atomic mass is 19.3. The van der Waals surface area contributed by atoms with Crippen LogP contribution in [0.3, 0.4) is 0 Å². The van der Waals surface area contributed by atoms with Crippen LogP contribution in [0.5, 0.6) is 5.75 Å². The van der Waals surface area contributed by atoms with Crippen LogP contribution in [0.4, 0.5) is 29.1 Å². The quantitative estimate of drug-likeness (QED) is 0.199. The second-order valence-electron chi connectivity index (χ2n) is 9.59. The van der Waals surface area contributed by atoms with E-state index in [0.29, 0.717) is 43.0 Å². The van der Waals surface area contributed by atoms with Crippen LogP contribution in [-0.2, 0) is 13.1 Å². The van der Waals surface area contributed by atoms with E-state index in [9.17, 15) is 17.6 Å². The number of nitrogens with zero attached hydrogens (tertiary/aromatic N) is 12. The summed E-state index contributed by atoms with van der Waals surface area (Å²) in [6.07, 6.45) is 4.57. The second-order valence-corrected chi connectivity index (χ2v) is 9.59. The summed E-state index contributed by atoms with van der Waals surface area (Å²) in [6, 6.07) is 10.6. The van der Waals surface area contributed by atoms with Crippen LogP contribution in [0.15, 0.2) is 55.0 Å². The molecule has 0 aliphatic heterocycles. The number of alkyl halides is 4. The van der Waals surface area contributed by atoms with Gasteiger partial charge in [-0.15, -0.1) is 10.2 Å². The molecule has 0 amide bonds. The molecule has 0 radical (unpaired) electrons. The molecule has 6 rings (SSSR count). The minimum absolute atomic E-state index is 0.0419. The molecule has 13 nitrogen and oxygen atoms in total. The second kappa shape index (κ2) is 11.7. The van der Waals surface area contributed by atoms with Gasteiger partial charge < -0.3 is 9.64 Å².